The van der Waals surface area contributed by atoms with Crippen molar-refractivity contribution >= 4 is 40.6 Å². The number of aromatic hydroxyl groups is 1. The number of likely N-dealkylation sites (N-methyl/N-ethyl adjacent to an activating group) is 1. The van der Waals surface area contributed by atoms with Gasteiger partial charge in [-0.05, 0) is 45.4 Å². The molecule has 254 valence electrons. The summed E-state index contributed by atoms with van der Waals surface area (Å²) >= 11 is 0. The molecule has 0 saturated carbocycles. The average molecular weight is 664 g/mol. The second kappa shape index (κ2) is 15.4. The number of ether oxygens (including phenoxy) is 4. The lowest BCUT2D eigenvalue weighted by Crippen LogP contribution is -2.30. The van der Waals surface area contributed by atoms with E-state index in [4.69, 9.17) is 18.9 Å². The molecular formula is C34H37N3O11. The van der Waals surface area contributed by atoms with Crippen LogP contribution < -0.4 is 5.11 Å². The van der Waals surface area contributed by atoms with Gasteiger partial charge in [0, 0.05) is 35.5 Å². The van der Waals surface area contributed by atoms with Crippen LogP contribution in [0.4, 0.5) is 0 Å². The molecule has 0 bridgehead atoms. The lowest BCUT2D eigenvalue weighted by atomic mass is 9.80. The van der Waals surface area contributed by atoms with E-state index in [2.05, 4.69) is 5.10 Å². The molecule has 1 heterocycles. The molecule has 3 aliphatic rings. The Hall–Kier alpha value is -5.53. The van der Waals surface area contributed by atoms with Crippen LogP contribution in [0.3, 0.4) is 0 Å². The quantitative estimate of drug-likeness (QED) is 0.0995. The number of nitrogens with zero attached hydrogens (tertiary/aromatic N) is 3. The van der Waals surface area contributed by atoms with E-state index >= 15 is 0 Å². The molecule has 0 aliphatic heterocycles. The van der Waals surface area contributed by atoms with Crippen molar-refractivity contribution < 1.29 is 57.7 Å². The summed E-state index contributed by atoms with van der Waals surface area (Å²) < 4.78 is 23.6. The minimum absolute atomic E-state index is 0.0438. The highest BCUT2D eigenvalue weighted by Gasteiger charge is 2.35. The molecule has 0 spiro atoms. The number of hydrogen-bond acceptors (Lipinski definition) is 12. The van der Waals surface area contributed by atoms with E-state index in [1.165, 1.54) is 11.8 Å². The molecule has 14 heteroatoms. The summed E-state index contributed by atoms with van der Waals surface area (Å²) in [7, 11) is 1.27. The van der Waals surface area contributed by atoms with E-state index in [0.717, 1.165) is 17.9 Å². The van der Waals surface area contributed by atoms with Gasteiger partial charge in [-0.3, -0.25) is 24.0 Å². The van der Waals surface area contributed by atoms with E-state index < -0.39 is 35.0 Å². The third-order valence-corrected chi connectivity index (χ3v) is 7.60. The van der Waals surface area contributed by atoms with Gasteiger partial charge >= 0.3 is 11.9 Å². The Morgan fingerprint density at radius 3 is 2.10 bits per heavy atom. The Morgan fingerprint density at radius 2 is 1.54 bits per heavy atom. The van der Waals surface area contributed by atoms with Crippen molar-refractivity contribution in [3.63, 3.8) is 0 Å². The summed E-state index contributed by atoms with van der Waals surface area (Å²) in [5.74, 6) is -3.68. The van der Waals surface area contributed by atoms with Gasteiger partial charge in [-0.15, -0.1) is 0 Å². The molecule has 14 nitrogen and oxygen atoms in total. The van der Waals surface area contributed by atoms with Crippen molar-refractivity contribution in [1.82, 2.24) is 9.78 Å². The van der Waals surface area contributed by atoms with Crippen molar-refractivity contribution in [3.05, 3.63) is 76.1 Å². The van der Waals surface area contributed by atoms with Crippen molar-refractivity contribution in [1.29, 1.82) is 0 Å². The van der Waals surface area contributed by atoms with Crippen LogP contribution in [0.5, 0.6) is 5.88 Å². The van der Waals surface area contributed by atoms with Gasteiger partial charge in [0.05, 0.1) is 37.3 Å². The highest BCUT2D eigenvalue weighted by atomic mass is 16.6. The number of aryl methyl sites for hydroxylation is 1. The summed E-state index contributed by atoms with van der Waals surface area (Å²) in [4.78, 5) is 60.8. The maximum Gasteiger partial charge on any atom is 0.306 e. The second-order valence-electron chi connectivity index (χ2n) is 11.1. The van der Waals surface area contributed by atoms with Crippen LogP contribution in [0.1, 0.15) is 50.9 Å². The number of carbonyl (C=O) groups excluding carboxylic acids is 5. The van der Waals surface area contributed by atoms with Crippen LogP contribution in [0, 0.1) is 6.92 Å². The molecule has 0 fully saturated rings. The predicted molar refractivity (Wildman–Crippen MR) is 167 cm³/mol. The SMILES string of the molecule is CC[N+](CCOC(=O)CCC(=O)OCCOC1=CC(=O)C(OC)=CC1=O)=C1C=CC(=C2C(=O)C(c3c(C)nn(C(C)C)c3O)=C2[O-])C=C1. The summed E-state index contributed by atoms with van der Waals surface area (Å²) in [6, 6.07) is -0.148. The van der Waals surface area contributed by atoms with Crippen LogP contribution >= 0.6 is 0 Å². The normalized spacial score (nSPS) is 15.9. The fourth-order valence-electron chi connectivity index (χ4n) is 5.10. The number of ketones is 3. The molecule has 0 atom stereocenters. The number of aromatic nitrogens is 2. The number of rotatable bonds is 14. The van der Waals surface area contributed by atoms with Gasteiger partial charge in [0.25, 0.3) is 0 Å². The Morgan fingerprint density at radius 1 is 0.938 bits per heavy atom. The molecule has 0 saturated heterocycles. The zero-order valence-electron chi connectivity index (χ0n) is 27.4. The van der Waals surface area contributed by atoms with Gasteiger partial charge in [-0.25, -0.2) is 9.26 Å². The maximum atomic E-state index is 13.0. The Bertz CT molecular complexity index is 1740. The van der Waals surface area contributed by atoms with Crippen molar-refractivity contribution in [2.45, 2.75) is 46.6 Å². The van der Waals surface area contributed by atoms with Crippen LogP contribution in [0.25, 0.3) is 5.57 Å². The van der Waals surface area contributed by atoms with E-state index in [1.807, 2.05) is 25.3 Å². The van der Waals surface area contributed by atoms with E-state index in [-0.39, 0.29) is 72.8 Å². The van der Waals surface area contributed by atoms with Gasteiger partial charge in [-0.1, -0.05) is 5.76 Å². The van der Waals surface area contributed by atoms with E-state index in [1.54, 1.807) is 31.2 Å². The molecule has 4 rings (SSSR count). The molecule has 0 aromatic carbocycles. The number of Topliss-reactive ketones (excluding diaryl/α,β-unsaturated/α-hetero) is 1. The van der Waals surface area contributed by atoms with Crippen molar-refractivity contribution in [2.24, 2.45) is 0 Å². The molecule has 1 aromatic heterocycles. The number of methoxy groups -OCH3 is 1. The lowest BCUT2D eigenvalue weighted by molar-refractivity contribution is -0.524. The molecule has 1 N–H and O–H groups in total. The number of esters is 2. The molecule has 48 heavy (non-hydrogen) atoms. The Balaban J connectivity index is 1.22. The first kappa shape index (κ1) is 35.3. The largest absolute Gasteiger partial charge is 0.871 e. The third-order valence-electron chi connectivity index (χ3n) is 7.60. The highest BCUT2D eigenvalue weighted by molar-refractivity contribution is 6.40. The predicted octanol–water partition coefficient (Wildman–Crippen LogP) is 1.48. The topological polar surface area (TPSA) is 186 Å². The number of carbonyl (C=O) groups is 5. The summed E-state index contributed by atoms with van der Waals surface area (Å²) in [6.07, 6.45) is 8.47. The van der Waals surface area contributed by atoms with Gasteiger partial charge in [0.2, 0.25) is 17.4 Å². The molecule has 1 aromatic rings. The fourth-order valence-corrected chi connectivity index (χ4v) is 5.10. The van der Waals surface area contributed by atoms with Crippen LogP contribution in [-0.4, -0.2) is 94.5 Å². The van der Waals surface area contributed by atoms with Gasteiger partial charge in [0.1, 0.15) is 26.4 Å². The Labute approximate surface area is 276 Å². The molecule has 0 radical (unpaired) electrons. The third kappa shape index (κ3) is 7.70. The summed E-state index contributed by atoms with van der Waals surface area (Å²) in [5, 5.41) is 27.9. The monoisotopic (exact) mass is 663 g/mol. The van der Waals surface area contributed by atoms with E-state index in [9.17, 15) is 34.2 Å². The molecule has 3 aliphatic carbocycles. The van der Waals surface area contributed by atoms with Crippen molar-refractivity contribution in [3.8, 4) is 5.88 Å². The van der Waals surface area contributed by atoms with E-state index in [0.29, 0.717) is 24.4 Å². The van der Waals surface area contributed by atoms with Gasteiger partial charge < -0.3 is 29.2 Å². The lowest BCUT2D eigenvalue weighted by Gasteiger charge is -2.32. The molecule has 0 amide bonds. The molecule has 0 unspecified atom stereocenters. The smallest absolute Gasteiger partial charge is 0.306 e. The maximum absolute atomic E-state index is 13.0. The van der Waals surface area contributed by atoms with Gasteiger partial charge in [-0.2, -0.15) is 5.10 Å². The first-order chi connectivity index (χ1) is 22.9. The fraction of sp³-hybridized carbons (Fsp3) is 0.382. The van der Waals surface area contributed by atoms with Crippen molar-refractivity contribution in [2.75, 3.05) is 40.0 Å². The number of hydrogen-bond donors (Lipinski definition) is 1. The highest BCUT2D eigenvalue weighted by Crippen LogP contribution is 2.42. The van der Waals surface area contributed by atoms with Crippen LogP contribution in [-0.2, 0) is 42.9 Å². The zero-order chi connectivity index (χ0) is 35.1. The minimum atomic E-state index is -0.656. The summed E-state index contributed by atoms with van der Waals surface area (Å²) in [6.45, 7) is 7.86. The second-order valence-corrected chi connectivity index (χ2v) is 11.1. The standard InChI is InChI=1S/C34H37N3O11/c1-6-36(13-14-47-27(40)11-12-28(41)48-16-15-46-26-18-23(38)25(45-5)17-24(26)39)22-9-7-21(8-10-22)30-32(42)31(33(30)43)29-20(4)35-37(19(2)3)34(29)44/h7-10,17-19H,6,11-16H2,1-5H3,(H,42,43). The zero-order valence-corrected chi connectivity index (χ0v) is 27.4. The molecular weight excluding hydrogens is 626 g/mol. The van der Waals surface area contributed by atoms with Crippen LogP contribution in [0.2, 0.25) is 0 Å². The van der Waals surface area contributed by atoms with Crippen LogP contribution in [0.15, 0.2) is 64.9 Å². The first-order valence-corrected chi connectivity index (χ1v) is 15.3. The first-order valence-electron chi connectivity index (χ1n) is 15.3. The Kier molecular flexibility index (Phi) is 11.3. The minimum Gasteiger partial charge on any atom is -0.871 e. The average Bonchev–Trinajstić information content (AvgIpc) is 3.35. The number of allylic oxidation sites excluding steroid dienone is 9. The van der Waals surface area contributed by atoms with Gasteiger partial charge in [0.15, 0.2) is 29.6 Å². The summed E-state index contributed by atoms with van der Waals surface area (Å²) in [5.41, 5.74) is 1.78.